The van der Waals surface area contributed by atoms with Gasteiger partial charge in [0.15, 0.2) is 11.5 Å². The predicted octanol–water partition coefficient (Wildman–Crippen LogP) is 2.42. The first-order valence-electron chi connectivity index (χ1n) is 7.78. The molecule has 2 aromatic rings. The van der Waals surface area contributed by atoms with Crippen LogP contribution in [0.4, 0.5) is 0 Å². The Morgan fingerprint density at radius 1 is 1.38 bits per heavy atom. The fourth-order valence-electron chi connectivity index (χ4n) is 2.85. The number of methoxy groups -OCH3 is 2. The first-order valence-corrected chi connectivity index (χ1v) is 8.66. The van der Waals surface area contributed by atoms with Crippen LogP contribution in [0.25, 0.3) is 10.6 Å². The average Bonchev–Trinajstić information content (AvgIpc) is 3.10. The van der Waals surface area contributed by atoms with Gasteiger partial charge in [-0.15, -0.1) is 11.3 Å². The summed E-state index contributed by atoms with van der Waals surface area (Å²) in [6.45, 7) is 1.03. The minimum absolute atomic E-state index is 0.141. The van der Waals surface area contributed by atoms with E-state index in [-0.39, 0.29) is 5.91 Å². The first kappa shape index (κ1) is 16.7. The van der Waals surface area contributed by atoms with E-state index in [0.29, 0.717) is 35.3 Å². The highest BCUT2D eigenvalue weighted by atomic mass is 32.1. The average molecular weight is 348 g/mol. The number of aliphatic hydroxyl groups excluding tert-OH is 1. The Morgan fingerprint density at radius 2 is 2.21 bits per heavy atom. The third-order valence-corrected chi connectivity index (χ3v) is 4.92. The van der Waals surface area contributed by atoms with Crippen molar-refractivity contribution >= 4 is 17.2 Å². The predicted molar refractivity (Wildman–Crippen MR) is 91.8 cm³/mol. The number of carbonyl (C=O) groups is 1. The monoisotopic (exact) mass is 348 g/mol. The second-order valence-corrected chi connectivity index (χ2v) is 6.48. The van der Waals surface area contributed by atoms with Gasteiger partial charge in [-0.05, 0) is 25.0 Å². The molecule has 0 aliphatic carbocycles. The lowest BCUT2D eigenvalue weighted by atomic mass is 10.1. The number of nitrogens with zero attached hydrogens (tertiary/aromatic N) is 2. The lowest BCUT2D eigenvalue weighted by Crippen LogP contribution is -2.42. The number of aromatic nitrogens is 1. The zero-order valence-electron chi connectivity index (χ0n) is 13.7. The molecule has 0 spiro atoms. The molecule has 1 fully saturated rings. The topological polar surface area (TPSA) is 71.9 Å². The number of rotatable bonds is 4. The van der Waals surface area contributed by atoms with Crippen LogP contribution < -0.4 is 9.47 Å². The zero-order chi connectivity index (χ0) is 17.1. The van der Waals surface area contributed by atoms with E-state index in [0.717, 1.165) is 18.4 Å². The van der Waals surface area contributed by atoms with Crippen molar-refractivity contribution in [1.82, 2.24) is 9.88 Å². The first-order chi connectivity index (χ1) is 11.6. The molecule has 0 bridgehead atoms. The normalized spacial score (nSPS) is 17.6. The Balaban J connectivity index is 1.87. The minimum atomic E-state index is -0.445. The Bertz CT molecular complexity index is 731. The van der Waals surface area contributed by atoms with Gasteiger partial charge in [-0.3, -0.25) is 4.79 Å². The third kappa shape index (κ3) is 3.22. The van der Waals surface area contributed by atoms with Crippen LogP contribution in [0.2, 0.25) is 0 Å². The van der Waals surface area contributed by atoms with E-state index in [4.69, 9.17) is 9.47 Å². The van der Waals surface area contributed by atoms with Crippen molar-refractivity contribution in [3.8, 4) is 22.1 Å². The van der Waals surface area contributed by atoms with Crippen LogP contribution in [-0.4, -0.2) is 54.3 Å². The standard InChI is InChI=1S/C17H20N2O4S/c1-22-14-7-3-6-12(15(14)23-2)16-18-13(10-24-16)17(21)19-8-4-5-11(20)9-19/h3,6-7,10-11,20H,4-5,8-9H2,1-2H3/t11-/m0/s1. The smallest absolute Gasteiger partial charge is 0.273 e. The lowest BCUT2D eigenvalue weighted by molar-refractivity contribution is 0.0469. The van der Waals surface area contributed by atoms with Crippen molar-refractivity contribution in [3.05, 3.63) is 29.3 Å². The molecule has 0 radical (unpaired) electrons. The number of hydrogen-bond acceptors (Lipinski definition) is 6. The van der Waals surface area contributed by atoms with Crippen molar-refractivity contribution in [1.29, 1.82) is 0 Å². The molecule has 24 heavy (non-hydrogen) atoms. The Morgan fingerprint density at radius 3 is 2.92 bits per heavy atom. The fraction of sp³-hybridized carbons (Fsp3) is 0.412. The third-order valence-electron chi connectivity index (χ3n) is 4.04. The Kier molecular flexibility index (Phi) is 5.01. The molecule has 7 heteroatoms. The van der Waals surface area contributed by atoms with Crippen LogP contribution in [0.15, 0.2) is 23.6 Å². The summed E-state index contributed by atoms with van der Waals surface area (Å²) >= 11 is 1.39. The van der Waals surface area contributed by atoms with Crippen LogP contribution >= 0.6 is 11.3 Å². The molecule has 0 saturated carbocycles. The van der Waals surface area contributed by atoms with E-state index in [9.17, 15) is 9.90 Å². The summed E-state index contributed by atoms with van der Waals surface area (Å²) in [6, 6.07) is 5.57. The molecule has 0 unspecified atom stereocenters. The van der Waals surface area contributed by atoms with Gasteiger partial charge >= 0.3 is 0 Å². The SMILES string of the molecule is COc1cccc(-c2nc(C(=O)N3CCC[C@H](O)C3)cs2)c1OC. The quantitative estimate of drug-likeness (QED) is 0.919. The second-order valence-electron chi connectivity index (χ2n) is 5.63. The summed E-state index contributed by atoms with van der Waals surface area (Å²) < 4.78 is 10.7. The molecule has 1 aromatic heterocycles. The summed E-state index contributed by atoms with van der Waals surface area (Å²) in [5.41, 5.74) is 1.19. The molecule has 6 nitrogen and oxygen atoms in total. The van der Waals surface area contributed by atoms with Gasteiger partial charge in [-0.25, -0.2) is 4.98 Å². The van der Waals surface area contributed by atoms with Gasteiger partial charge in [0.2, 0.25) is 0 Å². The molecule has 1 atom stereocenters. The largest absolute Gasteiger partial charge is 0.493 e. The lowest BCUT2D eigenvalue weighted by Gasteiger charge is -2.29. The van der Waals surface area contributed by atoms with Crippen molar-refractivity contribution < 1.29 is 19.4 Å². The zero-order valence-corrected chi connectivity index (χ0v) is 14.5. The maximum Gasteiger partial charge on any atom is 0.273 e. The van der Waals surface area contributed by atoms with Crippen molar-refractivity contribution in [3.63, 3.8) is 0 Å². The van der Waals surface area contributed by atoms with Crippen LogP contribution in [0.1, 0.15) is 23.3 Å². The van der Waals surface area contributed by atoms with Crippen molar-refractivity contribution in [2.24, 2.45) is 0 Å². The van der Waals surface area contributed by atoms with E-state index >= 15 is 0 Å². The van der Waals surface area contributed by atoms with Crippen LogP contribution in [0.5, 0.6) is 11.5 Å². The highest BCUT2D eigenvalue weighted by Crippen LogP contribution is 2.39. The number of piperidine rings is 1. The molecule has 1 saturated heterocycles. The number of benzene rings is 1. The molecule has 1 aliphatic rings. The van der Waals surface area contributed by atoms with Crippen LogP contribution in [0.3, 0.4) is 0 Å². The van der Waals surface area contributed by atoms with Crippen molar-refractivity contribution in [2.45, 2.75) is 18.9 Å². The molecule has 3 rings (SSSR count). The number of ether oxygens (including phenoxy) is 2. The molecule has 1 aliphatic heterocycles. The summed E-state index contributed by atoms with van der Waals surface area (Å²) in [7, 11) is 3.16. The highest BCUT2D eigenvalue weighted by Gasteiger charge is 2.25. The number of likely N-dealkylation sites (tertiary alicyclic amines) is 1. The number of thiazole rings is 1. The van der Waals surface area contributed by atoms with Crippen molar-refractivity contribution in [2.75, 3.05) is 27.3 Å². The van der Waals surface area contributed by atoms with Gasteiger partial charge in [-0.2, -0.15) is 0 Å². The van der Waals surface area contributed by atoms with Gasteiger partial charge in [0.1, 0.15) is 10.7 Å². The fourth-order valence-corrected chi connectivity index (χ4v) is 3.67. The number of carbonyl (C=O) groups excluding carboxylic acids is 1. The molecule has 2 heterocycles. The van der Waals surface area contributed by atoms with Crippen LogP contribution in [0, 0.1) is 0 Å². The maximum absolute atomic E-state index is 12.6. The molecular formula is C17H20N2O4S. The van der Waals surface area contributed by atoms with Gasteiger partial charge in [-0.1, -0.05) is 6.07 Å². The van der Waals surface area contributed by atoms with Gasteiger partial charge in [0.05, 0.1) is 25.9 Å². The van der Waals surface area contributed by atoms with Gasteiger partial charge in [0.25, 0.3) is 5.91 Å². The molecule has 1 aromatic carbocycles. The summed E-state index contributed by atoms with van der Waals surface area (Å²) in [5, 5.41) is 12.2. The summed E-state index contributed by atoms with van der Waals surface area (Å²) in [6.07, 6.45) is 1.11. The highest BCUT2D eigenvalue weighted by molar-refractivity contribution is 7.13. The number of β-amino-alcohol motifs (C(OH)–C–C–N with tert-alkyl or cyclic N) is 1. The maximum atomic E-state index is 12.6. The number of aliphatic hydroxyl groups is 1. The molecule has 128 valence electrons. The number of hydrogen-bond donors (Lipinski definition) is 1. The van der Waals surface area contributed by atoms with Gasteiger partial charge in [0, 0.05) is 18.5 Å². The second kappa shape index (κ2) is 7.19. The Labute approximate surface area is 144 Å². The molecule has 1 amide bonds. The van der Waals surface area contributed by atoms with Gasteiger partial charge < -0.3 is 19.5 Å². The van der Waals surface area contributed by atoms with E-state index in [2.05, 4.69) is 4.98 Å². The molecule has 1 N–H and O–H groups in total. The summed E-state index contributed by atoms with van der Waals surface area (Å²) in [4.78, 5) is 18.7. The van der Waals surface area contributed by atoms with E-state index in [1.807, 2.05) is 18.2 Å². The van der Waals surface area contributed by atoms with E-state index in [1.165, 1.54) is 11.3 Å². The van der Waals surface area contributed by atoms with Crippen LogP contribution in [-0.2, 0) is 0 Å². The molecular weight excluding hydrogens is 328 g/mol. The number of para-hydroxylation sites is 1. The number of amides is 1. The summed E-state index contributed by atoms with van der Waals surface area (Å²) in [5.74, 6) is 1.08. The Hall–Kier alpha value is -2.12. The van der Waals surface area contributed by atoms with E-state index < -0.39 is 6.10 Å². The minimum Gasteiger partial charge on any atom is -0.493 e. The van der Waals surface area contributed by atoms with E-state index in [1.54, 1.807) is 24.5 Å².